The van der Waals surface area contributed by atoms with Crippen LogP contribution in [0.25, 0.3) is 0 Å². The number of hydrogen-bond donors (Lipinski definition) is 2. The summed E-state index contributed by atoms with van der Waals surface area (Å²) < 4.78 is 0. The lowest BCUT2D eigenvalue weighted by Crippen LogP contribution is -2.37. The van der Waals surface area contributed by atoms with E-state index in [2.05, 4.69) is 20.3 Å². The smallest absolute Gasteiger partial charge is 0.239 e. The fourth-order valence-electron chi connectivity index (χ4n) is 1.73. The topological polar surface area (TPSA) is 100 Å². The van der Waals surface area contributed by atoms with Gasteiger partial charge in [-0.15, -0.1) is 0 Å². The predicted octanol–water partition coefficient (Wildman–Crippen LogP) is -0.128. The standard InChI is InChI=1S/C12H23N7O/c1-5-18(6-2)11-15-10(13)16-12(17-11)19(7-3)8-9(20)14-4/h5-8H2,1-4H3,(H,14,20)(H2,13,15,16,17). The van der Waals surface area contributed by atoms with Crippen LogP contribution in [-0.2, 0) is 4.79 Å². The van der Waals surface area contributed by atoms with E-state index in [1.807, 2.05) is 25.7 Å². The van der Waals surface area contributed by atoms with E-state index in [9.17, 15) is 4.79 Å². The second kappa shape index (κ2) is 7.46. The van der Waals surface area contributed by atoms with Gasteiger partial charge in [0.05, 0.1) is 6.54 Å². The lowest BCUT2D eigenvalue weighted by atomic mass is 10.5. The van der Waals surface area contributed by atoms with Crippen LogP contribution in [0.1, 0.15) is 20.8 Å². The first-order chi connectivity index (χ1) is 9.55. The second-order valence-electron chi connectivity index (χ2n) is 4.15. The lowest BCUT2D eigenvalue weighted by molar-refractivity contribution is -0.119. The Balaban J connectivity index is 3.06. The molecule has 0 fully saturated rings. The number of amides is 1. The monoisotopic (exact) mass is 281 g/mol. The summed E-state index contributed by atoms with van der Waals surface area (Å²) in [5, 5.41) is 2.58. The SMILES string of the molecule is CCN(CC)c1nc(N)nc(N(CC)CC(=O)NC)n1. The Hall–Kier alpha value is -2.12. The molecule has 8 heteroatoms. The van der Waals surface area contributed by atoms with Crippen molar-refractivity contribution in [2.75, 3.05) is 48.8 Å². The fourth-order valence-corrected chi connectivity index (χ4v) is 1.73. The quantitative estimate of drug-likeness (QED) is 0.718. The van der Waals surface area contributed by atoms with Crippen LogP contribution in [0.5, 0.6) is 0 Å². The Bertz CT molecular complexity index is 447. The number of likely N-dealkylation sites (N-methyl/N-ethyl adjacent to an activating group) is 2. The molecule has 1 rings (SSSR count). The molecule has 3 N–H and O–H groups in total. The molecule has 0 unspecified atom stereocenters. The van der Waals surface area contributed by atoms with Crippen molar-refractivity contribution in [1.82, 2.24) is 20.3 Å². The van der Waals surface area contributed by atoms with Gasteiger partial charge in [0.25, 0.3) is 0 Å². The first kappa shape index (κ1) is 15.9. The van der Waals surface area contributed by atoms with E-state index in [1.54, 1.807) is 11.9 Å². The number of rotatable bonds is 7. The van der Waals surface area contributed by atoms with Crippen LogP contribution < -0.4 is 20.9 Å². The normalized spacial score (nSPS) is 10.2. The number of anilines is 3. The van der Waals surface area contributed by atoms with Gasteiger partial charge in [-0.05, 0) is 20.8 Å². The van der Waals surface area contributed by atoms with E-state index in [-0.39, 0.29) is 18.4 Å². The molecular weight excluding hydrogens is 258 g/mol. The van der Waals surface area contributed by atoms with Gasteiger partial charge >= 0.3 is 0 Å². The van der Waals surface area contributed by atoms with Gasteiger partial charge in [-0.3, -0.25) is 4.79 Å². The highest BCUT2D eigenvalue weighted by Gasteiger charge is 2.16. The molecule has 0 aliphatic heterocycles. The highest BCUT2D eigenvalue weighted by atomic mass is 16.1. The number of nitrogens with one attached hydrogen (secondary N) is 1. The average molecular weight is 281 g/mol. The number of nitrogens with zero attached hydrogens (tertiary/aromatic N) is 5. The number of carbonyl (C=O) groups is 1. The van der Waals surface area contributed by atoms with Crippen LogP contribution in [0.15, 0.2) is 0 Å². The van der Waals surface area contributed by atoms with E-state index in [0.717, 1.165) is 13.1 Å². The molecule has 0 bridgehead atoms. The summed E-state index contributed by atoms with van der Waals surface area (Å²) in [4.78, 5) is 27.9. The van der Waals surface area contributed by atoms with E-state index in [1.165, 1.54) is 0 Å². The zero-order chi connectivity index (χ0) is 15.1. The summed E-state index contributed by atoms with van der Waals surface area (Å²) >= 11 is 0. The van der Waals surface area contributed by atoms with Crippen molar-refractivity contribution in [3.05, 3.63) is 0 Å². The third-order valence-electron chi connectivity index (χ3n) is 2.95. The highest BCUT2D eigenvalue weighted by Crippen LogP contribution is 2.14. The molecule has 0 aromatic carbocycles. The van der Waals surface area contributed by atoms with Gasteiger partial charge in [0.15, 0.2) is 0 Å². The molecule has 0 saturated carbocycles. The van der Waals surface area contributed by atoms with Crippen LogP contribution in [0, 0.1) is 0 Å². The summed E-state index contributed by atoms with van der Waals surface area (Å²) in [5.74, 6) is 1.01. The van der Waals surface area contributed by atoms with Crippen LogP contribution >= 0.6 is 0 Å². The summed E-state index contributed by atoms with van der Waals surface area (Å²) in [6.07, 6.45) is 0. The summed E-state index contributed by atoms with van der Waals surface area (Å²) in [7, 11) is 1.60. The van der Waals surface area contributed by atoms with Crippen molar-refractivity contribution in [2.24, 2.45) is 0 Å². The van der Waals surface area contributed by atoms with Gasteiger partial charge in [-0.1, -0.05) is 0 Å². The third kappa shape index (κ3) is 3.94. The number of carbonyl (C=O) groups excluding carboxylic acids is 1. The second-order valence-corrected chi connectivity index (χ2v) is 4.15. The van der Waals surface area contributed by atoms with E-state index >= 15 is 0 Å². The molecule has 112 valence electrons. The summed E-state index contributed by atoms with van der Waals surface area (Å²) in [6.45, 7) is 8.32. The minimum absolute atomic E-state index is 0.102. The number of aromatic nitrogens is 3. The maximum Gasteiger partial charge on any atom is 0.239 e. The number of hydrogen-bond acceptors (Lipinski definition) is 7. The lowest BCUT2D eigenvalue weighted by Gasteiger charge is -2.23. The first-order valence-electron chi connectivity index (χ1n) is 6.77. The van der Waals surface area contributed by atoms with Crippen LogP contribution in [-0.4, -0.2) is 54.1 Å². The summed E-state index contributed by atoms with van der Waals surface area (Å²) in [6, 6.07) is 0. The minimum atomic E-state index is -0.102. The Morgan fingerprint density at radius 2 is 1.55 bits per heavy atom. The third-order valence-corrected chi connectivity index (χ3v) is 2.95. The Morgan fingerprint density at radius 1 is 1.05 bits per heavy atom. The first-order valence-corrected chi connectivity index (χ1v) is 6.77. The van der Waals surface area contributed by atoms with Crippen molar-refractivity contribution in [3.8, 4) is 0 Å². The summed E-state index contributed by atoms with van der Waals surface area (Å²) in [5.41, 5.74) is 5.75. The van der Waals surface area contributed by atoms with Crippen LogP contribution in [0.3, 0.4) is 0 Å². The number of nitrogens with two attached hydrogens (primary N) is 1. The minimum Gasteiger partial charge on any atom is -0.368 e. The molecule has 20 heavy (non-hydrogen) atoms. The molecule has 1 amide bonds. The fraction of sp³-hybridized carbons (Fsp3) is 0.667. The van der Waals surface area contributed by atoms with E-state index in [4.69, 9.17) is 5.73 Å². The zero-order valence-electron chi connectivity index (χ0n) is 12.6. The molecule has 0 aliphatic carbocycles. The maximum atomic E-state index is 11.5. The molecular formula is C12H23N7O. The predicted molar refractivity (Wildman–Crippen MR) is 79.8 cm³/mol. The molecule has 1 aromatic heterocycles. The van der Waals surface area contributed by atoms with Gasteiger partial charge in [0.1, 0.15) is 0 Å². The van der Waals surface area contributed by atoms with Gasteiger partial charge in [-0.25, -0.2) is 0 Å². The van der Waals surface area contributed by atoms with Crippen molar-refractivity contribution >= 4 is 23.8 Å². The van der Waals surface area contributed by atoms with Crippen molar-refractivity contribution in [2.45, 2.75) is 20.8 Å². The molecule has 0 saturated heterocycles. The zero-order valence-corrected chi connectivity index (χ0v) is 12.6. The van der Waals surface area contributed by atoms with E-state index in [0.29, 0.717) is 18.4 Å². The van der Waals surface area contributed by atoms with Crippen molar-refractivity contribution in [1.29, 1.82) is 0 Å². The van der Waals surface area contributed by atoms with Gasteiger partial charge in [-0.2, -0.15) is 15.0 Å². The van der Waals surface area contributed by atoms with Crippen LogP contribution in [0.4, 0.5) is 17.8 Å². The van der Waals surface area contributed by atoms with Gasteiger partial charge in [0, 0.05) is 26.7 Å². The molecule has 0 spiro atoms. The molecule has 1 heterocycles. The molecule has 0 atom stereocenters. The molecule has 1 aromatic rings. The molecule has 8 nitrogen and oxygen atoms in total. The van der Waals surface area contributed by atoms with Crippen molar-refractivity contribution in [3.63, 3.8) is 0 Å². The van der Waals surface area contributed by atoms with Gasteiger partial charge in [0.2, 0.25) is 23.8 Å². The molecule has 0 radical (unpaired) electrons. The largest absolute Gasteiger partial charge is 0.368 e. The number of nitrogen functional groups attached to an aromatic ring is 1. The van der Waals surface area contributed by atoms with E-state index < -0.39 is 0 Å². The maximum absolute atomic E-state index is 11.5. The highest BCUT2D eigenvalue weighted by molar-refractivity contribution is 5.80. The Kier molecular flexibility index (Phi) is 5.95. The Morgan fingerprint density at radius 3 is 2.00 bits per heavy atom. The van der Waals surface area contributed by atoms with Gasteiger partial charge < -0.3 is 20.9 Å². The average Bonchev–Trinajstić information content (AvgIpc) is 2.45. The molecule has 0 aliphatic rings. The Labute approximate surface area is 119 Å². The van der Waals surface area contributed by atoms with Crippen LogP contribution in [0.2, 0.25) is 0 Å². The van der Waals surface area contributed by atoms with Crippen molar-refractivity contribution < 1.29 is 4.79 Å².